The van der Waals surface area contributed by atoms with Gasteiger partial charge in [0.25, 0.3) is 0 Å². The normalized spacial score (nSPS) is 17.2. The number of hydrogen-bond donors (Lipinski definition) is 4. The third-order valence-electron chi connectivity index (χ3n) is 3.45. The molecule has 1 amide bonds. The van der Waals surface area contributed by atoms with Gasteiger partial charge in [0.05, 0.1) is 0 Å². The van der Waals surface area contributed by atoms with Crippen molar-refractivity contribution in [1.29, 1.82) is 0 Å². The molecule has 1 saturated heterocycles. The van der Waals surface area contributed by atoms with Gasteiger partial charge in [0.1, 0.15) is 12.1 Å². The lowest BCUT2D eigenvalue weighted by atomic mass is 9.86. The number of aliphatic carboxylic acids is 1. The molecule has 0 atom stereocenters. The van der Waals surface area contributed by atoms with Gasteiger partial charge in [-0.2, -0.15) is 0 Å². The Kier molecular flexibility index (Phi) is 4.57. The number of hydrogen-bond acceptors (Lipinski definition) is 4. The van der Waals surface area contributed by atoms with Gasteiger partial charge >= 0.3 is 5.97 Å². The lowest BCUT2D eigenvalue weighted by molar-refractivity contribution is -0.138. The summed E-state index contributed by atoms with van der Waals surface area (Å²) in [7, 11) is 0. The smallest absolute Gasteiger partial charge is 0.322 e. The Balaban J connectivity index is 2.12. The van der Waals surface area contributed by atoms with E-state index in [1.54, 1.807) is 0 Å². The van der Waals surface area contributed by atoms with Gasteiger partial charge in [-0.15, -0.1) is 0 Å². The van der Waals surface area contributed by atoms with Crippen LogP contribution in [0.25, 0.3) is 0 Å². The summed E-state index contributed by atoms with van der Waals surface area (Å²) in [6, 6.07) is 9.49. The number of para-hydroxylation sites is 1. The SMILES string of the molecule is O=C(O)CNC(=O)C1(Nc2ccccc2)CCNCC1. The lowest BCUT2D eigenvalue weighted by Gasteiger charge is -2.37. The summed E-state index contributed by atoms with van der Waals surface area (Å²) in [4.78, 5) is 23.0. The molecule has 0 aliphatic carbocycles. The zero-order chi connectivity index (χ0) is 14.4. The van der Waals surface area contributed by atoms with E-state index in [1.807, 2.05) is 30.3 Å². The van der Waals surface area contributed by atoms with Crippen molar-refractivity contribution in [3.63, 3.8) is 0 Å². The number of carbonyl (C=O) groups is 2. The Morgan fingerprint density at radius 1 is 1.20 bits per heavy atom. The van der Waals surface area contributed by atoms with Crippen LogP contribution in [0.4, 0.5) is 5.69 Å². The van der Waals surface area contributed by atoms with E-state index >= 15 is 0 Å². The first-order valence-corrected chi connectivity index (χ1v) is 6.66. The highest BCUT2D eigenvalue weighted by Gasteiger charge is 2.39. The first-order chi connectivity index (χ1) is 9.62. The van der Waals surface area contributed by atoms with Crippen LogP contribution in [0.2, 0.25) is 0 Å². The molecule has 6 nitrogen and oxygen atoms in total. The fraction of sp³-hybridized carbons (Fsp3) is 0.429. The predicted octanol–water partition coefficient (Wildman–Crippen LogP) is 0.421. The Hall–Kier alpha value is -2.08. The number of rotatable bonds is 5. The molecule has 1 heterocycles. The molecule has 108 valence electrons. The molecule has 6 heteroatoms. The minimum atomic E-state index is -1.04. The molecule has 0 bridgehead atoms. The van der Waals surface area contributed by atoms with Gasteiger partial charge in [0.15, 0.2) is 0 Å². The van der Waals surface area contributed by atoms with Crippen molar-refractivity contribution < 1.29 is 14.7 Å². The third kappa shape index (κ3) is 3.48. The van der Waals surface area contributed by atoms with Crippen molar-refractivity contribution in [1.82, 2.24) is 10.6 Å². The number of benzene rings is 1. The Morgan fingerprint density at radius 3 is 2.45 bits per heavy atom. The average molecular weight is 277 g/mol. The quantitative estimate of drug-likeness (QED) is 0.626. The van der Waals surface area contributed by atoms with Crippen molar-refractivity contribution in [2.45, 2.75) is 18.4 Å². The van der Waals surface area contributed by atoms with Crippen molar-refractivity contribution >= 4 is 17.6 Å². The first kappa shape index (κ1) is 14.3. The molecule has 1 fully saturated rings. The van der Waals surface area contributed by atoms with Gasteiger partial charge in [0, 0.05) is 5.69 Å². The van der Waals surface area contributed by atoms with Gasteiger partial charge in [0.2, 0.25) is 5.91 Å². The number of amides is 1. The van der Waals surface area contributed by atoms with Gasteiger partial charge in [-0.1, -0.05) is 18.2 Å². The van der Waals surface area contributed by atoms with E-state index in [4.69, 9.17) is 5.11 Å². The van der Waals surface area contributed by atoms with E-state index in [-0.39, 0.29) is 12.5 Å². The molecule has 0 saturated carbocycles. The highest BCUT2D eigenvalue weighted by Crippen LogP contribution is 2.24. The molecule has 0 radical (unpaired) electrons. The van der Waals surface area contributed by atoms with E-state index in [9.17, 15) is 9.59 Å². The van der Waals surface area contributed by atoms with E-state index < -0.39 is 11.5 Å². The van der Waals surface area contributed by atoms with Gasteiger partial charge < -0.3 is 21.1 Å². The van der Waals surface area contributed by atoms with Crippen LogP contribution in [0.1, 0.15) is 12.8 Å². The van der Waals surface area contributed by atoms with Crippen LogP contribution >= 0.6 is 0 Å². The van der Waals surface area contributed by atoms with E-state index in [0.29, 0.717) is 12.8 Å². The third-order valence-corrected chi connectivity index (χ3v) is 3.45. The van der Waals surface area contributed by atoms with Crippen molar-refractivity contribution in [3.8, 4) is 0 Å². The fourth-order valence-corrected chi connectivity index (χ4v) is 2.39. The number of carboxylic acid groups (broad SMARTS) is 1. The molecular formula is C14H19N3O3. The fourth-order valence-electron chi connectivity index (χ4n) is 2.39. The topological polar surface area (TPSA) is 90.5 Å². The zero-order valence-electron chi connectivity index (χ0n) is 11.2. The number of piperidine rings is 1. The molecule has 1 aromatic rings. The van der Waals surface area contributed by atoms with E-state index in [2.05, 4.69) is 16.0 Å². The molecule has 1 aliphatic rings. The maximum Gasteiger partial charge on any atom is 0.322 e. The van der Waals surface area contributed by atoms with E-state index in [0.717, 1.165) is 18.8 Å². The Labute approximate surface area is 117 Å². The Bertz CT molecular complexity index is 470. The maximum atomic E-state index is 12.4. The van der Waals surface area contributed by atoms with Crippen molar-refractivity contribution in [2.75, 3.05) is 25.0 Å². The second-order valence-electron chi connectivity index (χ2n) is 4.90. The molecule has 1 aromatic carbocycles. The van der Waals surface area contributed by atoms with Crippen LogP contribution in [0.3, 0.4) is 0 Å². The van der Waals surface area contributed by atoms with Gasteiger partial charge in [-0.25, -0.2) is 0 Å². The van der Waals surface area contributed by atoms with E-state index in [1.165, 1.54) is 0 Å². The molecule has 0 aromatic heterocycles. The number of anilines is 1. The predicted molar refractivity (Wildman–Crippen MR) is 75.5 cm³/mol. The number of carboxylic acids is 1. The van der Waals surface area contributed by atoms with Crippen molar-refractivity contribution in [3.05, 3.63) is 30.3 Å². The lowest BCUT2D eigenvalue weighted by Crippen LogP contribution is -2.58. The highest BCUT2D eigenvalue weighted by molar-refractivity contribution is 5.91. The summed E-state index contributed by atoms with van der Waals surface area (Å²) in [5.74, 6) is -1.30. The summed E-state index contributed by atoms with van der Waals surface area (Å²) in [6.07, 6.45) is 1.24. The molecule has 2 rings (SSSR count). The van der Waals surface area contributed by atoms with Crippen LogP contribution in [0.5, 0.6) is 0 Å². The van der Waals surface area contributed by atoms with Crippen LogP contribution < -0.4 is 16.0 Å². The minimum absolute atomic E-state index is 0.259. The molecule has 0 spiro atoms. The van der Waals surface area contributed by atoms with Crippen molar-refractivity contribution in [2.24, 2.45) is 0 Å². The van der Waals surface area contributed by atoms with Crippen LogP contribution in [-0.2, 0) is 9.59 Å². The molecule has 0 unspecified atom stereocenters. The number of carbonyl (C=O) groups excluding carboxylic acids is 1. The van der Waals surface area contributed by atoms with Gasteiger partial charge in [-0.05, 0) is 38.1 Å². The summed E-state index contributed by atoms with van der Waals surface area (Å²) in [5.41, 5.74) is 0.113. The summed E-state index contributed by atoms with van der Waals surface area (Å²) >= 11 is 0. The monoisotopic (exact) mass is 277 g/mol. The zero-order valence-corrected chi connectivity index (χ0v) is 11.2. The summed E-state index contributed by atoms with van der Waals surface area (Å²) in [5, 5.41) is 17.7. The van der Waals surface area contributed by atoms with Crippen LogP contribution in [-0.4, -0.2) is 42.2 Å². The second-order valence-corrected chi connectivity index (χ2v) is 4.90. The average Bonchev–Trinajstić information content (AvgIpc) is 2.46. The summed E-state index contributed by atoms with van der Waals surface area (Å²) in [6.45, 7) is 1.09. The van der Waals surface area contributed by atoms with Crippen LogP contribution in [0, 0.1) is 0 Å². The standard InChI is InChI=1S/C14H19N3O3/c18-12(19)10-16-13(20)14(6-8-15-9-7-14)17-11-4-2-1-3-5-11/h1-5,15,17H,6-10H2,(H,16,20)(H,18,19). The maximum absolute atomic E-state index is 12.4. The number of nitrogens with one attached hydrogen (secondary N) is 3. The Morgan fingerprint density at radius 2 is 1.85 bits per heavy atom. The second kappa shape index (κ2) is 6.38. The molecule has 20 heavy (non-hydrogen) atoms. The first-order valence-electron chi connectivity index (χ1n) is 6.66. The molecule has 1 aliphatic heterocycles. The minimum Gasteiger partial charge on any atom is -0.480 e. The van der Waals surface area contributed by atoms with Gasteiger partial charge in [-0.3, -0.25) is 9.59 Å². The molecular weight excluding hydrogens is 258 g/mol. The largest absolute Gasteiger partial charge is 0.480 e. The summed E-state index contributed by atoms with van der Waals surface area (Å²) < 4.78 is 0. The highest BCUT2D eigenvalue weighted by atomic mass is 16.4. The van der Waals surface area contributed by atoms with Crippen LogP contribution in [0.15, 0.2) is 30.3 Å². The molecule has 4 N–H and O–H groups in total.